The van der Waals surface area contributed by atoms with Gasteiger partial charge in [0, 0.05) is 12.7 Å². The summed E-state index contributed by atoms with van der Waals surface area (Å²) < 4.78 is 4.52. The standard InChI is InChI=1S/C12H15N3O6/c1-6-5-8(12(18)21-4)9(15(19)20)10(13-6)14(3)7(2)11(16)17/h5,7H,1-4H3,(H,16,17). The molecule has 0 saturated heterocycles. The first-order valence-corrected chi connectivity index (χ1v) is 5.90. The zero-order valence-electron chi connectivity index (χ0n) is 12.0. The molecular weight excluding hydrogens is 282 g/mol. The van der Waals surface area contributed by atoms with Crippen LogP contribution in [0.25, 0.3) is 0 Å². The van der Waals surface area contributed by atoms with Gasteiger partial charge in [0.25, 0.3) is 0 Å². The van der Waals surface area contributed by atoms with E-state index in [0.717, 1.165) is 12.0 Å². The Morgan fingerprint density at radius 1 is 1.52 bits per heavy atom. The van der Waals surface area contributed by atoms with E-state index in [2.05, 4.69) is 9.72 Å². The molecule has 0 aromatic carbocycles. The number of esters is 1. The summed E-state index contributed by atoms with van der Waals surface area (Å²) in [5.74, 6) is -2.25. The van der Waals surface area contributed by atoms with Crippen molar-refractivity contribution in [2.75, 3.05) is 19.1 Å². The van der Waals surface area contributed by atoms with Crippen molar-refractivity contribution < 1.29 is 24.4 Å². The molecule has 114 valence electrons. The van der Waals surface area contributed by atoms with Gasteiger partial charge >= 0.3 is 17.6 Å². The number of aromatic nitrogens is 1. The van der Waals surface area contributed by atoms with E-state index in [9.17, 15) is 19.7 Å². The van der Waals surface area contributed by atoms with E-state index in [1.807, 2.05) is 0 Å². The quantitative estimate of drug-likeness (QED) is 0.485. The van der Waals surface area contributed by atoms with E-state index in [4.69, 9.17) is 5.11 Å². The molecule has 0 aliphatic heterocycles. The van der Waals surface area contributed by atoms with Gasteiger partial charge in [-0.1, -0.05) is 0 Å². The molecule has 21 heavy (non-hydrogen) atoms. The molecule has 1 unspecified atom stereocenters. The van der Waals surface area contributed by atoms with Crippen LogP contribution in [0, 0.1) is 17.0 Å². The number of hydrogen-bond donors (Lipinski definition) is 1. The lowest BCUT2D eigenvalue weighted by molar-refractivity contribution is -0.384. The smallest absolute Gasteiger partial charge is 0.345 e. The maximum atomic E-state index is 11.7. The number of carboxylic acids is 1. The lowest BCUT2D eigenvalue weighted by atomic mass is 10.1. The highest BCUT2D eigenvalue weighted by molar-refractivity contribution is 5.96. The molecule has 0 amide bonds. The monoisotopic (exact) mass is 297 g/mol. The molecule has 0 bridgehead atoms. The number of carbonyl (C=O) groups excluding carboxylic acids is 1. The number of anilines is 1. The Hall–Kier alpha value is -2.71. The van der Waals surface area contributed by atoms with E-state index in [-0.39, 0.29) is 11.4 Å². The Morgan fingerprint density at radius 3 is 2.52 bits per heavy atom. The van der Waals surface area contributed by atoms with Crippen molar-refractivity contribution in [2.24, 2.45) is 0 Å². The number of nitro groups is 1. The number of likely N-dealkylation sites (N-methyl/N-ethyl adjacent to an activating group) is 1. The Kier molecular flexibility index (Phi) is 4.79. The van der Waals surface area contributed by atoms with Crippen LogP contribution in [-0.4, -0.2) is 47.2 Å². The number of carbonyl (C=O) groups is 2. The van der Waals surface area contributed by atoms with Crippen molar-refractivity contribution in [1.82, 2.24) is 4.98 Å². The fourth-order valence-corrected chi connectivity index (χ4v) is 1.69. The summed E-state index contributed by atoms with van der Waals surface area (Å²) in [5.41, 5.74) is -0.516. The fourth-order valence-electron chi connectivity index (χ4n) is 1.69. The van der Waals surface area contributed by atoms with Gasteiger partial charge in [0.1, 0.15) is 11.6 Å². The number of rotatable bonds is 5. The highest BCUT2D eigenvalue weighted by atomic mass is 16.6. The Labute approximate surface area is 120 Å². The van der Waals surface area contributed by atoms with Gasteiger partial charge in [-0.2, -0.15) is 0 Å². The minimum Gasteiger partial charge on any atom is -0.480 e. The number of carboxylic acid groups (broad SMARTS) is 1. The van der Waals surface area contributed by atoms with Gasteiger partial charge in [-0.3, -0.25) is 10.1 Å². The topological polar surface area (TPSA) is 123 Å². The van der Waals surface area contributed by atoms with Crippen LogP contribution in [0.4, 0.5) is 11.5 Å². The summed E-state index contributed by atoms with van der Waals surface area (Å²) >= 11 is 0. The van der Waals surface area contributed by atoms with E-state index in [1.54, 1.807) is 6.92 Å². The summed E-state index contributed by atoms with van der Waals surface area (Å²) in [6, 6.07) is 0.177. The van der Waals surface area contributed by atoms with Gasteiger partial charge in [0.15, 0.2) is 0 Å². The third-order valence-corrected chi connectivity index (χ3v) is 2.96. The average molecular weight is 297 g/mol. The molecule has 0 radical (unpaired) electrons. The summed E-state index contributed by atoms with van der Waals surface area (Å²) in [7, 11) is 2.46. The van der Waals surface area contributed by atoms with Crippen LogP contribution in [0.2, 0.25) is 0 Å². The third kappa shape index (κ3) is 3.25. The van der Waals surface area contributed by atoms with Crippen molar-refractivity contribution in [3.8, 4) is 0 Å². The molecule has 1 heterocycles. The molecular formula is C12H15N3O6. The third-order valence-electron chi connectivity index (χ3n) is 2.96. The predicted octanol–water partition coefficient (Wildman–Crippen LogP) is 0.994. The molecule has 1 atom stereocenters. The van der Waals surface area contributed by atoms with Crippen LogP contribution in [0.15, 0.2) is 6.07 Å². The summed E-state index contributed by atoms with van der Waals surface area (Å²) in [5, 5.41) is 20.3. The SMILES string of the molecule is COC(=O)c1cc(C)nc(N(C)C(C)C(=O)O)c1[N+](=O)[O-]. The second-order valence-corrected chi connectivity index (χ2v) is 4.36. The molecule has 0 fully saturated rings. The van der Waals surface area contributed by atoms with Crippen LogP contribution < -0.4 is 4.90 Å². The molecule has 0 aliphatic carbocycles. The van der Waals surface area contributed by atoms with Crippen molar-refractivity contribution in [1.29, 1.82) is 0 Å². The molecule has 9 heteroatoms. The van der Waals surface area contributed by atoms with Gasteiger partial charge in [-0.15, -0.1) is 0 Å². The Balaban J connectivity index is 3.57. The zero-order chi connectivity index (χ0) is 16.3. The average Bonchev–Trinajstić information content (AvgIpc) is 2.43. The minimum absolute atomic E-state index is 0.199. The molecule has 1 rings (SSSR count). The normalized spacial score (nSPS) is 11.6. The highest BCUT2D eigenvalue weighted by Crippen LogP contribution is 2.31. The Morgan fingerprint density at radius 2 is 2.10 bits per heavy atom. The van der Waals surface area contributed by atoms with Gasteiger partial charge in [0.05, 0.1) is 12.0 Å². The maximum absolute atomic E-state index is 11.7. The van der Waals surface area contributed by atoms with E-state index in [0.29, 0.717) is 5.69 Å². The van der Waals surface area contributed by atoms with Gasteiger partial charge in [-0.05, 0) is 19.9 Å². The summed E-state index contributed by atoms with van der Waals surface area (Å²) in [6.07, 6.45) is 0. The molecule has 0 spiro atoms. The number of aliphatic carboxylic acids is 1. The molecule has 0 saturated carbocycles. The largest absolute Gasteiger partial charge is 0.480 e. The molecule has 0 aliphatic rings. The van der Waals surface area contributed by atoms with Crippen LogP contribution in [0.5, 0.6) is 0 Å². The number of nitrogens with zero attached hydrogens (tertiary/aromatic N) is 3. The predicted molar refractivity (Wildman–Crippen MR) is 72.5 cm³/mol. The van der Waals surface area contributed by atoms with Crippen molar-refractivity contribution in [3.05, 3.63) is 27.4 Å². The maximum Gasteiger partial charge on any atom is 0.345 e. The lowest BCUT2D eigenvalue weighted by Crippen LogP contribution is -2.37. The van der Waals surface area contributed by atoms with E-state index in [1.165, 1.54) is 20.0 Å². The van der Waals surface area contributed by atoms with Gasteiger partial charge in [-0.25, -0.2) is 14.6 Å². The molecule has 1 aromatic rings. The Bertz CT molecular complexity index is 601. The van der Waals surface area contributed by atoms with Gasteiger partial charge < -0.3 is 14.7 Å². The van der Waals surface area contributed by atoms with E-state index >= 15 is 0 Å². The second kappa shape index (κ2) is 6.16. The number of aryl methyl sites for hydroxylation is 1. The summed E-state index contributed by atoms with van der Waals surface area (Å²) in [6.45, 7) is 2.90. The molecule has 9 nitrogen and oxygen atoms in total. The van der Waals surface area contributed by atoms with Gasteiger partial charge in [0.2, 0.25) is 5.82 Å². The lowest BCUT2D eigenvalue weighted by Gasteiger charge is -2.23. The molecule has 1 aromatic heterocycles. The van der Waals surface area contributed by atoms with Crippen LogP contribution in [0.3, 0.4) is 0 Å². The van der Waals surface area contributed by atoms with Crippen LogP contribution >= 0.6 is 0 Å². The number of pyridine rings is 1. The van der Waals surface area contributed by atoms with Crippen molar-refractivity contribution in [2.45, 2.75) is 19.9 Å². The first-order valence-electron chi connectivity index (χ1n) is 5.90. The molecule has 1 N–H and O–H groups in total. The first kappa shape index (κ1) is 16.3. The number of hydrogen-bond acceptors (Lipinski definition) is 7. The van der Waals surface area contributed by atoms with Crippen molar-refractivity contribution in [3.63, 3.8) is 0 Å². The highest BCUT2D eigenvalue weighted by Gasteiger charge is 2.32. The first-order chi connectivity index (χ1) is 9.70. The van der Waals surface area contributed by atoms with Crippen molar-refractivity contribution >= 4 is 23.4 Å². The number of methoxy groups -OCH3 is 1. The van der Waals surface area contributed by atoms with Crippen LogP contribution in [-0.2, 0) is 9.53 Å². The zero-order valence-corrected chi connectivity index (χ0v) is 12.0. The number of ether oxygens (including phenoxy) is 1. The van der Waals surface area contributed by atoms with Crippen LogP contribution in [0.1, 0.15) is 23.0 Å². The van der Waals surface area contributed by atoms with E-state index < -0.39 is 28.6 Å². The summed E-state index contributed by atoms with van der Waals surface area (Å²) in [4.78, 5) is 38.3. The second-order valence-electron chi connectivity index (χ2n) is 4.36. The fraction of sp³-hybridized carbons (Fsp3) is 0.417. The minimum atomic E-state index is -1.17.